The predicted molar refractivity (Wildman–Crippen MR) is 143 cm³/mol. The molecule has 5 aromatic rings. The smallest absolute Gasteiger partial charge is 0.336 e. The van der Waals surface area contributed by atoms with Crippen molar-refractivity contribution in [3.05, 3.63) is 101 Å². The molecule has 2 aromatic carbocycles. The molecule has 188 valence electrons. The van der Waals surface area contributed by atoms with E-state index in [1.54, 1.807) is 37.3 Å². The molecule has 3 heterocycles. The second-order valence-electron chi connectivity index (χ2n) is 8.25. The van der Waals surface area contributed by atoms with Crippen LogP contribution in [0.15, 0.2) is 83.9 Å². The van der Waals surface area contributed by atoms with Gasteiger partial charge in [0.1, 0.15) is 22.7 Å². The van der Waals surface area contributed by atoms with Crippen LogP contribution in [0, 0.1) is 0 Å². The molecule has 0 atom stereocenters. The summed E-state index contributed by atoms with van der Waals surface area (Å²) in [7, 11) is 3.32. The number of rotatable bonds is 10. The molecule has 0 aliphatic rings. The van der Waals surface area contributed by atoms with Crippen molar-refractivity contribution in [1.82, 2.24) is 24.6 Å². The lowest BCUT2D eigenvalue weighted by molar-refractivity contribution is 0.275. The van der Waals surface area contributed by atoms with E-state index >= 15 is 0 Å². The van der Waals surface area contributed by atoms with Crippen LogP contribution < -0.4 is 19.1 Å². The van der Waals surface area contributed by atoms with Gasteiger partial charge in [-0.15, -0.1) is 5.10 Å². The fraction of sp³-hybridized carbons (Fsp3) is 0.185. The summed E-state index contributed by atoms with van der Waals surface area (Å²) in [6.45, 7) is 1.45. The molecule has 0 fully saturated rings. The van der Waals surface area contributed by atoms with Crippen molar-refractivity contribution in [2.45, 2.75) is 19.7 Å². The molecule has 0 aliphatic carbocycles. The van der Waals surface area contributed by atoms with E-state index in [-0.39, 0.29) is 6.01 Å². The van der Waals surface area contributed by atoms with Crippen molar-refractivity contribution in [1.29, 1.82) is 0 Å². The number of hydrogen-bond acceptors (Lipinski definition) is 8. The number of pyridine rings is 1. The Morgan fingerprint density at radius 1 is 0.838 bits per heavy atom. The Morgan fingerprint density at radius 3 is 2.05 bits per heavy atom. The van der Waals surface area contributed by atoms with E-state index in [1.807, 2.05) is 60.7 Å². The van der Waals surface area contributed by atoms with Gasteiger partial charge in [-0.3, -0.25) is 4.98 Å². The topological polar surface area (TPSA) is 86.9 Å². The van der Waals surface area contributed by atoms with Crippen molar-refractivity contribution in [2.24, 2.45) is 0 Å². The molecule has 0 unspecified atom stereocenters. The molecule has 0 amide bonds. The first-order chi connectivity index (χ1) is 18.1. The molecule has 5 rings (SSSR count). The van der Waals surface area contributed by atoms with Crippen LogP contribution in [0.2, 0.25) is 0 Å². The standard InChI is InChI=1S/C27H25BrN6O3/c1-35-22-9-5-19(6-10-22)15-33(16-20-7-11-23(36-2)12-8-20)25-26-30-24(28)17-34(26)32-27(31-25)37-18-21-4-3-13-29-14-21/h3-14,17H,15-16,18H2,1-2H3. The minimum Gasteiger partial charge on any atom is -0.497 e. The number of imidazole rings is 1. The van der Waals surface area contributed by atoms with Gasteiger partial charge in [0.15, 0.2) is 11.5 Å². The molecular formula is C27H25BrN6O3. The second kappa shape index (κ2) is 11.3. The van der Waals surface area contributed by atoms with Crippen LogP contribution in [0.3, 0.4) is 0 Å². The summed E-state index contributed by atoms with van der Waals surface area (Å²) in [6, 6.07) is 20.0. The molecule has 0 saturated heterocycles. The zero-order valence-corrected chi connectivity index (χ0v) is 22.0. The minimum atomic E-state index is 0.241. The number of hydrogen-bond donors (Lipinski definition) is 0. The van der Waals surface area contributed by atoms with Gasteiger partial charge >= 0.3 is 6.01 Å². The SMILES string of the molecule is COc1ccc(CN(Cc2ccc(OC)cc2)c2nc(OCc3cccnc3)nn3cc(Br)nc23)cc1. The van der Waals surface area contributed by atoms with Crippen LogP contribution in [0.5, 0.6) is 17.5 Å². The molecule has 0 bridgehead atoms. The highest BCUT2D eigenvalue weighted by Crippen LogP contribution is 2.27. The van der Waals surface area contributed by atoms with Crippen LogP contribution in [-0.2, 0) is 19.7 Å². The van der Waals surface area contributed by atoms with E-state index in [1.165, 1.54) is 0 Å². The number of nitrogens with zero attached hydrogens (tertiary/aromatic N) is 6. The zero-order valence-electron chi connectivity index (χ0n) is 20.4. The molecule has 0 saturated carbocycles. The van der Waals surface area contributed by atoms with Gasteiger partial charge in [0.25, 0.3) is 0 Å². The number of anilines is 1. The van der Waals surface area contributed by atoms with Gasteiger partial charge < -0.3 is 19.1 Å². The molecule has 0 N–H and O–H groups in total. The van der Waals surface area contributed by atoms with Crippen molar-refractivity contribution in [3.8, 4) is 17.5 Å². The summed E-state index contributed by atoms with van der Waals surface area (Å²) in [5.74, 6) is 2.25. The van der Waals surface area contributed by atoms with Gasteiger partial charge in [-0.25, -0.2) is 9.50 Å². The number of fused-ring (bicyclic) bond motifs is 1. The van der Waals surface area contributed by atoms with Gasteiger partial charge in [-0.2, -0.15) is 4.98 Å². The molecule has 3 aromatic heterocycles. The van der Waals surface area contributed by atoms with E-state index in [2.05, 4.69) is 35.9 Å². The summed E-state index contributed by atoms with van der Waals surface area (Å²) in [5, 5.41) is 4.52. The molecule has 0 spiro atoms. The Morgan fingerprint density at radius 2 is 1.49 bits per heavy atom. The van der Waals surface area contributed by atoms with Gasteiger partial charge in [0.2, 0.25) is 0 Å². The van der Waals surface area contributed by atoms with E-state index in [0.29, 0.717) is 35.8 Å². The minimum absolute atomic E-state index is 0.241. The Kier molecular flexibility index (Phi) is 7.46. The quantitative estimate of drug-likeness (QED) is 0.233. The maximum Gasteiger partial charge on any atom is 0.336 e. The van der Waals surface area contributed by atoms with Crippen LogP contribution in [0.4, 0.5) is 5.82 Å². The van der Waals surface area contributed by atoms with Crippen LogP contribution in [-0.4, -0.2) is 38.8 Å². The van der Waals surface area contributed by atoms with E-state index < -0.39 is 0 Å². The lowest BCUT2D eigenvalue weighted by atomic mass is 10.1. The van der Waals surface area contributed by atoms with Gasteiger partial charge in [0.05, 0.1) is 20.4 Å². The Labute approximate surface area is 222 Å². The van der Waals surface area contributed by atoms with Gasteiger partial charge in [-0.1, -0.05) is 30.3 Å². The number of halogens is 1. The summed E-state index contributed by atoms with van der Waals surface area (Å²) in [5.41, 5.74) is 3.72. The Balaban J connectivity index is 1.52. The second-order valence-corrected chi connectivity index (χ2v) is 9.06. The third kappa shape index (κ3) is 5.97. The average molecular weight is 561 g/mol. The molecule has 0 aliphatic heterocycles. The summed E-state index contributed by atoms with van der Waals surface area (Å²) >= 11 is 3.48. The highest BCUT2D eigenvalue weighted by molar-refractivity contribution is 9.10. The number of aromatic nitrogens is 5. The first kappa shape index (κ1) is 24.5. The lowest BCUT2D eigenvalue weighted by Crippen LogP contribution is -2.24. The summed E-state index contributed by atoms with van der Waals surface area (Å²) < 4.78 is 19.0. The van der Waals surface area contributed by atoms with Crippen molar-refractivity contribution in [2.75, 3.05) is 19.1 Å². The van der Waals surface area contributed by atoms with Gasteiger partial charge in [-0.05, 0) is 57.4 Å². The molecule has 10 heteroatoms. The number of benzene rings is 2. The van der Waals surface area contributed by atoms with Crippen molar-refractivity contribution < 1.29 is 14.2 Å². The van der Waals surface area contributed by atoms with Crippen LogP contribution in [0.1, 0.15) is 16.7 Å². The molecule has 37 heavy (non-hydrogen) atoms. The maximum absolute atomic E-state index is 5.98. The lowest BCUT2D eigenvalue weighted by Gasteiger charge is -2.25. The van der Waals surface area contributed by atoms with Crippen molar-refractivity contribution in [3.63, 3.8) is 0 Å². The summed E-state index contributed by atoms with van der Waals surface area (Å²) in [4.78, 5) is 15.7. The third-order valence-corrected chi connectivity index (χ3v) is 6.09. The maximum atomic E-state index is 5.98. The predicted octanol–water partition coefficient (Wildman–Crippen LogP) is 5.08. The zero-order chi connectivity index (χ0) is 25.6. The summed E-state index contributed by atoms with van der Waals surface area (Å²) in [6.07, 6.45) is 5.27. The molecule has 9 nitrogen and oxygen atoms in total. The highest BCUT2D eigenvalue weighted by Gasteiger charge is 2.19. The van der Waals surface area contributed by atoms with Crippen LogP contribution >= 0.6 is 15.9 Å². The Hall–Kier alpha value is -4.18. The largest absolute Gasteiger partial charge is 0.497 e. The average Bonchev–Trinajstić information content (AvgIpc) is 3.32. The Bertz CT molecular complexity index is 1410. The fourth-order valence-electron chi connectivity index (χ4n) is 3.84. The van der Waals surface area contributed by atoms with Crippen molar-refractivity contribution >= 4 is 27.4 Å². The monoisotopic (exact) mass is 560 g/mol. The van der Waals surface area contributed by atoms with E-state index in [9.17, 15) is 0 Å². The van der Waals surface area contributed by atoms with Gasteiger partial charge in [0, 0.05) is 31.0 Å². The third-order valence-electron chi connectivity index (χ3n) is 5.71. The first-order valence-corrected chi connectivity index (χ1v) is 12.4. The van der Waals surface area contributed by atoms with Crippen LogP contribution in [0.25, 0.3) is 5.65 Å². The van der Waals surface area contributed by atoms with E-state index in [0.717, 1.165) is 28.2 Å². The molecular weight excluding hydrogens is 536 g/mol. The molecule has 0 radical (unpaired) electrons. The highest BCUT2D eigenvalue weighted by atomic mass is 79.9. The first-order valence-electron chi connectivity index (χ1n) is 11.6. The number of methoxy groups -OCH3 is 2. The number of ether oxygens (including phenoxy) is 3. The fourth-order valence-corrected chi connectivity index (χ4v) is 4.20. The normalized spacial score (nSPS) is 10.9. The van der Waals surface area contributed by atoms with E-state index in [4.69, 9.17) is 19.2 Å².